The van der Waals surface area contributed by atoms with Gasteiger partial charge in [0.15, 0.2) is 0 Å². The summed E-state index contributed by atoms with van der Waals surface area (Å²) in [5.74, 6) is 0. The highest BCUT2D eigenvalue weighted by atomic mass is 15.2. The lowest BCUT2D eigenvalue weighted by atomic mass is 9.93. The lowest BCUT2D eigenvalue weighted by Gasteiger charge is -2.39. The van der Waals surface area contributed by atoms with Crippen LogP contribution in [0, 0.1) is 6.92 Å². The molecule has 0 aliphatic rings. The van der Waals surface area contributed by atoms with Gasteiger partial charge in [0.1, 0.15) is 0 Å². The van der Waals surface area contributed by atoms with Gasteiger partial charge in [-0.2, -0.15) is 0 Å². The van der Waals surface area contributed by atoms with Gasteiger partial charge < -0.3 is 5.73 Å². The summed E-state index contributed by atoms with van der Waals surface area (Å²) in [6, 6.07) is 9.97. The van der Waals surface area contributed by atoms with Crippen molar-refractivity contribution in [1.29, 1.82) is 0 Å². The van der Waals surface area contributed by atoms with Crippen LogP contribution >= 0.6 is 0 Å². The molecular formula is C19H34N2. The fourth-order valence-electron chi connectivity index (χ4n) is 2.97. The van der Waals surface area contributed by atoms with E-state index in [0.717, 1.165) is 13.0 Å². The number of aryl methyl sites for hydroxylation is 1. The van der Waals surface area contributed by atoms with E-state index in [4.69, 9.17) is 5.73 Å². The number of hydrogen-bond acceptors (Lipinski definition) is 2. The van der Waals surface area contributed by atoms with E-state index in [9.17, 15) is 0 Å². The van der Waals surface area contributed by atoms with Crippen LogP contribution in [0.15, 0.2) is 24.3 Å². The van der Waals surface area contributed by atoms with Crippen LogP contribution in [-0.2, 0) is 0 Å². The third kappa shape index (κ3) is 5.12. The van der Waals surface area contributed by atoms with E-state index >= 15 is 0 Å². The zero-order valence-corrected chi connectivity index (χ0v) is 14.6. The topological polar surface area (TPSA) is 29.3 Å². The second kappa shape index (κ2) is 9.22. The Bertz CT molecular complexity index is 402. The summed E-state index contributed by atoms with van der Waals surface area (Å²) in [6.07, 6.45) is 4.65. The van der Waals surface area contributed by atoms with Crippen molar-refractivity contribution in [3.63, 3.8) is 0 Å². The Labute approximate surface area is 131 Å². The maximum Gasteiger partial charge on any atom is 0.0501 e. The molecular weight excluding hydrogens is 256 g/mol. The second-order valence-electron chi connectivity index (χ2n) is 6.28. The quantitative estimate of drug-likeness (QED) is 0.716. The molecule has 0 saturated carbocycles. The average Bonchev–Trinajstić information content (AvgIpc) is 2.49. The molecule has 2 N–H and O–H groups in total. The minimum absolute atomic E-state index is 0.192. The summed E-state index contributed by atoms with van der Waals surface area (Å²) in [6.45, 7) is 12.4. The summed E-state index contributed by atoms with van der Waals surface area (Å²) in [7, 11) is 0. The Balaban J connectivity index is 3.12. The highest BCUT2D eigenvalue weighted by Crippen LogP contribution is 2.29. The maximum absolute atomic E-state index is 6.52. The van der Waals surface area contributed by atoms with Gasteiger partial charge in [-0.25, -0.2) is 0 Å². The van der Waals surface area contributed by atoms with Crippen LogP contribution in [0.2, 0.25) is 0 Å². The van der Waals surface area contributed by atoms with E-state index in [1.165, 1.54) is 30.4 Å². The van der Waals surface area contributed by atoms with Crippen molar-refractivity contribution >= 4 is 0 Å². The first kappa shape index (κ1) is 18.2. The molecule has 0 aromatic heterocycles. The van der Waals surface area contributed by atoms with Gasteiger partial charge in [0.2, 0.25) is 0 Å². The molecule has 1 aromatic rings. The molecule has 2 nitrogen and oxygen atoms in total. The molecule has 1 aromatic carbocycles. The molecule has 120 valence electrons. The van der Waals surface area contributed by atoms with E-state index in [-0.39, 0.29) is 6.04 Å². The maximum atomic E-state index is 6.52. The van der Waals surface area contributed by atoms with Crippen LogP contribution in [-0.4, -0.2) is 23.5 Å². The molecule has 0 aliphatic carbocycles. The summed E-state index contributed by atoms with van der Waals surface area (Å²) in [4.78, 5) is 2.63. The molecule has 2 heteroatoms. The zero-order valence-electron chi connectivity index (χ0n) is 14.6. The van der Waals surface area contributed by atoms with Crippen LogP contribution < -0.4 is 5.73 Å². The summed E-state index contributed by atoms with van der Waals surface area (Å²) < 4.78 is 0. The van der Waals surface area contributed by atoms with Gasteiger partial charge in [0.05, 0.1) is 6.04 Å². The minimum atomic E-state index is 0.192. The number of nitrogens with zero attached hydrogens (tertiary/aromatic N) is 1. The summed E-state index contributed by atoms with van der Waals surface area (Å²) >= 11 is 0. The first-order valence-electron chi connectivity index (χ1n) is 8.62. The standard InChI is InChI=1S/C19H34N2/c1-6-9-13-21(16(5)7-2)19(18(20)8-3)17-12-10-11-15(4)14-17/h10-12,14,16,18-19H,6-9,13,20H2,1-5H3. The molecule has 0 spiro atoms. The Hall–Kier alpha value is -0.860. The smallest absolute Gasteiger partial charge is 0.0501 e. The number of rotatable bonds is 9. The van der Waals surface area contributed by atoms with Crippen molar-refractivity contribution < 1.29 is 0 Å². The first-order valence-corrected chi connectivity index (χ1v) is 8.62. The summed E-state index contributed by atoms with van der Waals surface area (Å²) in [5.41, 5.74) is 9.22. The SMILES string of the molecule is CCCCN(C(C)CC)C(c1cccc(C)c1)C(N)CC. The van der Waals surface area contributed by atoms with Gasteiger partial charge in [-0.05, 0) is 45.2 Å². The highest BCUT2D eigenvalue weighted by Gasteiger charge is 2.28. The van der Waals surface area contributed by atoms with Crippen molar-refractivity contribution in [3.05, 3.63) is 35.4 Å². The Morgan fingerprint density at radius 2 is 1.86 bits per heavy atom. The molecule has 0 fully saturated rings. The number of unbranched alkanes of at least 4 members (excludes halogenated alkanes) is 1. The van der Waals surface area contributed by atoms with E-state index in [0.29, 0.717) is 12.1 Å². The van der Waals surface area contributed by atoms with Crippen LogP contribution in [0.1, 0.15) is 70.5 Å². The van der Waals surface area contributed by atoms with E-state index in [1.54, 1.807) is 0 Å². The van der Waals surface area contributed by atoms with Crippen LogP contribution in [0.3, 0.4) is 0 Å². The Kier molecular flexibility index (Phi) is 7.98. The van der Waals surface area contributed by atoms with Gasteiger partial charge in [-0.15, -0.1) is 0 Å². The molecule has 3 atom stereocenters. The van der Waals surface area contributed by atoms with Crippen molar-refractivity contribution in [2.75, 3.05) is 6.54 Å². The van der Waals surface area contributed by atoms with Gasteiger partial charge in [0.25, 0.3) is 0 Å². The number of benzene rings is 1. The van der Waals surface area contributed by atoms with Gasteiger partial charge in [0, 0.05) is 12.1 Å². The van der Waals surface area contributed by atoms with Crippen LogP contribution in [0.4, 0.5) is 0 Å². The van der Waals surface area contributed by atoms with Crippen molar-refractivity contribution in [1.82, 2.24) is 4.90 Å². The number of nitrogens with two attached hydrogens (primary N) is 1. The van der Waals surface area contributed by atoms with E-state index in [1.807, 2.05) is 0 Å². The highest BCUT2D eigenvalue weighted by molar-refractivity contribution is 5.26. The Morgan fingerprint density at radius 3 is 2.38 bits per heavy atom. The molecule has 21 heavy (non-hydrogen) atoms. The monoisotopic (exact) mass is 290 g/mol. The van der Waals surface area contributed by atoms with E-state index < -0.39 is 0 Å². The van der Waals surface area contributed by atoms with E-state index in [2.05, 4.69) is 63.8 Å². The van der Waals surface area contributed by atoms with Crippen molar-refractivity contribution in [2.45, 2.75) is 78.4 Å². The van der Waals surface area contributed by atoms with Gasteiger partial charge in [-0.1, -0.05) is 57.0 Å². The third-order valence-electron chi connectivity index (χ3n) is 4.54. The Morgan fingerprint density at radius 1 is 1.14 bits per heavy atom. The number of hydrogen-bond donors (Lipinski definition) is 1. The van der Waals surface area contributed by atoms with Crippen LogP contribution in [0.25, 0.3) is 0 Å². The molecule has 3 unspecified atom stereocenters. The lowest BCUT2D eigenvalue weighted by Crippen LogP contribution is -2.45. The fourth-order valence-corrected chi connectivity index (χ4v) is 2.97. The van der Waals surface area contributed by atoms with Crippen molar-refractivity contribution in [2.24, 2.45) is 5.73 Å². The largest absolute Gasteiger partial charge is 0.326 e. The van der Waals surface area contributed by atoms with Gasteiger partial charge >= 0.3 is 0 Å². The predicted octanol–water partition coefficient (Wildman–Crippen LogP) is 4.67. The van der Waals surface area contributed by atoms with Crippen molar-refractivity contribution in [3.8, 4) is 0 Å². The molecule has 0 aliphatic heterocycles. The zero-order chi connectivity index (χ0) is 15.8. The first-order chi connectivity index (χ1) is 10.0. The summed E-state index contributed by atoms with van der Waals surface area (Å²) in [5, 5.41) is 0. The fraction of sp³-hybridized carbons (Fsp3) is 0.684. The minimum Gasteiger partial charge on any atom is -0.326 e. The lowest BCUT2D eigenvalue weighted by molar-refractivity contribution is 0.116. The molecule has 0 saturated heterocycles. The molecule has 0 radical (unpaired) electrons. The molecule has 0 heterocycles. The van der Waals surface area contributed by atoms with Gasteiger partial charge in [-0.3, -0.25) is 4.90 Å². The third-order valence-corrected chi connectivity index (χ3v) is 4.54. The normalized spacial score (nSPS) is 16.0. The molecule has 1 rings (SSSR count). The van der Waals surface area contributed by atoms with Crippen LogP contribution in [0.5, 0.6) is 0 Å². The molecule has 0 bridgehead atoms. The second-order valence-corrected chi connectivity index (χ2v) is 6.28. The predicted molar refractivity (Wildman–Crippen MR) is 93.6 cm³/mol. The average molecular weight is 290 g/mol. The molecule has 0 amide bonds.